The van der Waals surface area contributed by atoms with Gasteiger partial charge in [-0.2, -0.15) is 8.78 Å². The smallest absolute Gasteiger partial charge is 0.387 e. The summed E-state index contributed by atoms with van der Waals surface area (Å²) in [5, 5.41) is 8.18. The fourth-order valence-corrected chi connectivity index (χ4v) is 2.70. The lowest BCUT2D eigenvalue weighted by Gasteiger charge is -2.11. The first-order chi connectivity index (χ1) is 13.5. The maximum Gasteiger partial charge on any atom is 0.387 e. The van der Waals surface area contributed by atoms with Crippen LogP contribution in [0.2, 0.25) is 0 Å². The third-order valence-electron chi connectivity index (χ3n) is 3.67. The van der Waals surface area contributed by atoms with Gasteiger partial charge in [0.15, 0.2) is 11.5 Å². The summed E-state index contributed by atoms with van der Waals surface area (Å²) in [6.45, 7) is 1.06. The predicted molar refractivity (Wildman–Crippen MR) is 102 cm³/mol. The molecule has 0 radical (unpaired) electrons. The Balaban J connectivity index is 1.86. The van der Waals surface area contributed by atoms with E-state index in [0.29, 0.717) is 18.1 Å². The van der Waals surface area contributed by atoms with Crippen molar-refractivity contribution < 1.29 is 22.7 Å². The van der Waals surface area contributed by atoms with Gasteiger partial charge in [0.05, 0.1) is 6.61 Å². The molecule has 0 saturated carbocycles. The number of alkyl halides is 2. The SMILES string of the molecule is CCOc1cc(/C=C(\Cl)c2nnc(-c3cccc(C)c3)o2)ccc1OC(F)F. The van der Waals surface area contributed by atoms with Crippen molar-refractivity contribution in [2.24, 2.45) is 0 Å². The Bertz CT molecular complexity index is 989. The zero-order valence-corrected chi connectivity index (χ0v) is 15.9. The zero-order chi connectivity index (χ0) is 20.1. The molecule has 0 aliphatic carbocycles. The number of benzene rings is 2. The summed E-state index contributed by atoms with van der Waals surface area (Å²) in [5.41, 5.74) is 2.45. The van der Waals surface area contributed by atoms with Crippen molar-refractivity contribution in [1.82, 2.24) is 10.2 Å². The van der Waals surface area contributed by atoms with Gasteiger partial charge in [-0.15, -0.1) is 10.2 Å². The number of hydrogen-bond acceptors (Lipinski definition) is 5. The minimum Gasteiger partial charge on any atom is -0.490 e. The van der Waals surface area contributed by atoms with Crippen molar-refractivity contribution >= 4 is 22.7 Å². The highest BCUT2D eigenvalue weighted by atomic mass is 35.5. The summed E-state index contributed by atoms with van der Waals surface area (Å²) in [4.78, 5) is 0. The van der Waals surface area contributed by atoms with Crippen LogP contribution >= 0.6 is 11.6 Å². The van der Waals surface area contributed by atoms with E-state index in [1.807, 2.05) is 31.2 Å². The Morgan fingerprint density at radius 2 is 2.00 bits per heavy atom. The molecule has 146 valence electrons. The number of aryl methyl sites for hydroxylation is 1. The fourth-order valence-electron chi connectivity index (χ4n) is 2.50. The van der Waals surface area contributed by atoms with Crippen molar-refractivity contribution in [1.29, 1.82) is 0 Å². The quantitative estimate of drug-likeness (QED) is 0.497. The van der Waals surface area contributed by atoms with Crippen molar-refractivity contribution in [3.05, 3.63) is 59.5 Å². The van der Waals surface area contributed by atoms with Gasteiger partial charge >= 0.3 is 6.61 Å². The van der Waals surface area contributed by atoms with E-state index in [1.165, 1.54) is 6.07 Å². The summed E-state index contributed by atoms with van der Waals surface area (Å²) in [7, 11) is 0. The summed E-state index contributed by atoms with van der Waals surface area (Å²) in [5.74, 6) is 0.626. The number of aromatic nitrogens is 2. The van der Waals surface area contributed by atoms with Crippen molar-refractivity contribution in [2.45, 2.75) is 20.5 Å². The van der Waals surface area contributed by atoms with Crippen LogP contribution in [0, 0.1) is 6.92 Å². The van der Waals surface area contributed by atoms with Gasteiger partial charge in [-0.25, -0.2) is 0 Å². The van der Waals surface area contributed by atoms with Crippen LogP contribution in [-0.4, -0.2) is 23.4 Å². The van der Waals surface area contributed by atoms with Crippen LogP contribution in [0.1, 0.15) is 23.9 Å². The molecule has 0 saturated heterocycles. The second-order valence-corrected chi connectivity index (χ2v) is 6.20. The average Bonchev–Trinajstić information content (AvgIpc) is 3.14. The third-order valence-corrected chi connectivity index (χ3v) is 3.94. The lowest BCUT2D eigenvalue weighted by atomic mass is 10.1. The fraction of sp³-hybridized carbons (Fsp3) is 0.200. The van der Waals surface area contributed by atoms with E-state index in [9.17, 15) is 8.78 Å². The second-order valence-electron chi connectivity index (χ2n) is 5.79. The molecule has 0 unspecified atom stereocenters. The molecule has 0 aliphatic rings. The van der Waals surface area contributed by atoms with Crippen LogP contribution in [0.3, 0.4) is 0 Å². The monoisotopic (exact) mass is 406 g/mol. The molecule has 0 bridgehead atoms. The number of nitrogens with zero attached hydrogens (tertiary/aromatic N) is 2. The molecule has 5 nitrogen and oxygen atoms in total. The Morgan fingerprint density at radius 3 is 2.71 bits per heavy atom. The summed E-state index contributed by atoms with van der Waals surface area (Å²) >= 11 is 6.30. The molecule has 3 aromatic rings. The highest BCUT2D eigenvalue weighted by Crippen LogP contribution is 2.32. The van der Waals surface area contributed by atoms with Gasteiger partial charge in [0.2, 0.25) is 5.89 Å². The molecular weight excluding hydrogens is 390 g/mol. The van der Waals surface area contributed by atoms with Gasteiger partial charge in [0, 0.05) is 5.56 Å². The second kappa shape index (κ2) is 8.84. The number of ether oxygens (including phenoxy) is 2. The third kappa shape index (κ3) is 4.86. The highest BCUT2D eigenvalue weighted by molar-refractivity contribution is 6.50. The molecule has 3 rings (SSSR count). The van der Waals surface area contributed by atoms with Crippen LogP contribution in [0.25, 0.3) is 22.6 Å². The minimum absolute atomic E-state index is 0.0513. The van der Waals surface area contributed by atoms with Crippen LogP contribution in [0.15, 0.2) is 46.9 Å². The molecule has 1 aromatic heterocycles. The lowest BCUT2D eigenvalue weighted by Crippen LogP contribution is -2.04. The number of rotatable bonds is 7. The van der Waals surface area contributed by atoms with Crippen LogP contribution in [0.4, 0.5) is 8.78 Å². The molecule has 0 amide bonds. The first kappa shape index (κ1) is 19.8. The standard InChI is InChI=1S/C20H17ClF2N2O3/c1-3-26-17-11-13(7-8-16(17)27-20(22)23)10-15(21)19-25-24-18(28-19)14-6-4-5-12(2)9-14/h4-11,20H,3H2,1-2H3/b15-10-. The van der Waals surface area contributed by atoms with Gasteiger partial charge in [-0.1, -0.05) is 35.4 Å². The normalized spacial score (nSPS) is 11.7. The van der Waals surface area contributed by atoms with Crippen molar-refractivity contribution in [3.63, 3.8) is 0 Å². The largest absolute Gasteiger partial charge is 0.490 e. The van der Waals surface area contributed by atoms with Gasteiger partial charge in [0.25, 0.3) is 5.89 Å². The van der Waals surface area contributed by atoms with Gasteiger partial charge in [0.1, 0.15) is 5.03 Å². The Morgan fingerprint density at radius 1 is 1.18 bits per heavy atom. The molecule has 0 aliphatic heterocycles. The highest BCUT2D eigenvalue weighted by Gasteiger charge is 2.14. The zero-order valence-electron chi connectivity index (χ0n) is 15.2. The predicted octanol–water partition coefficient (Wildman–Crippen LogP) is 5.78. The van der Waals surface area contributed by atoms with Crippen LogP contribution < -0.4 is 9.47 Å². The maximum absolute atomic E-state index is 12.5. The lowest BCUT2D eigenvalue weighted by molar-refractivity contribution is -0.0514. The minimum atomic E-state index is -2.94. The Labute approximate surface area is 165 Å². The van der Waals surface area contributed by atoms with Gasteiger partial charge in [-0.3, -0.25) is 0 Å². The van der Waals surface area contributed by atoms with E-state index in [1.54, 1.807) is 25.1 Å². The van der Waals surface area contributed by atoms with E-state index >= 15 is 0 Å². The molecule has 1 heterocycles. The van der Waals surface area contributed by atoms with Gasteiger partial charge < -0.3 is 13.9 Å². The van der Waals surface area contributed by atoms with Crippen molar-refractivity contribution in [3.8, 4) is 23.0 Å². The van der Waals surface area contributed by atoms with E-state index < -0.39 is 6.61 Å². The number of hydrogen-bond donors (Lipinski definition) is 0. The topological polar surface area (TPSA) is 57.4 Å². The van der Waals surface area contributed by atoms with E-state index in [-0.39, 0.29) is 22.4 Å². The van der Waals surface area contributed by atoms with Gasteiger partial charge in [-0.05, 0) is 49.8 Å². The van der Waals surface area contributed by atoms with E-state index in [4.69, 9.17) is 20.8 Å². The molecular formula is C20H17ClF2N2O3. The molecule has 0 N–H and O–H groups in total. The first-order valence-electron chi connectivity index (χ1n) is 8.46. The van der Waals surface area contributed by atoms with E-state index in [2.05, 4.69) is 14.9 Å². The Kier molecular flexibility index (Phi) is 6.26. The summed E-state index contributed by atoms with van der Waals surface area (Å²) < 4.78 is 40.4. The summed E-state index contributed by atoms with van der Waals surface area (Å²) in [6.07, 6.45) is 1.57. The Hall–Kier alpha value is -2.93. The van der Waals surface area contributed by atoms with Crippen molar-refractivity contribution in [2.75, 3.05) is 6.61 Å². The summed E-state index contributed by atoms with van der Waals surface area (Å²) in [6, 6.07) is 12.1. The molecule has 28 heavy (non-hydrogen) atoms. The van der Waals surface area contributed by atoms with E-state index in [0.717, 1.165) is 11.1 Å². The molecule has 0 atom stereocenters. The molecule has 2 aromatic carbocycles. The molecule has 0 spiro atoms. The maximum atomic E-state index is 12.5. The van der Waals surface area contributed by atoms with Crippen LogP contribution in [-0.2, 0) is 0 Å². The average molecular weight is 407 g/mol. The molecule has 8 heteroatoms. The molecule has 0 fully saturated rings. The number of halogens is 3. The van der Waals surface area contributed by atoms with Crippen LogP contribution in [0.5, 0.6) is 11.5 Å². The first-order valence-corrected chi connectivity index (χ1v) is 8.84.